The molecule has 0 amide bonds. The molecule has 0 aliphatic rings. The van der Waals surface area contributed by atoms with Crippen molar-refractivity contribution in [2.24, 2.45) is 0 Å². The van der Waals surface area contributed by atoms with Gasteiger partial charge in [0.05, 0.1) is 23.5 Å². The third kappa shape index (κ3) is 2.34. The van der Waals surface area contributed by atoms with Gasteiger partial charge in [0.15, 0.2) is 0 Å². The van der Waals surface area contributed by atoms with Crippen LogP contribution in [0.25, 0.3) is 0 Å². The van der Waals surface area contributed by atoms with E-state index in [0.29, 0.717) is 17.2 Å². The predicted molar refractivity (Wildman–Crippen MR) is 58.0 cm³/mol. The van der Waals surface area contributed by atoms with Gasteiger partial charge in [-0.05, 0) is 25.1 Å². The van der Waals surface area contributed by atoms with Gasteiger partial charge in [-0.15, -0.1) is 0 Å². The molecule has 0 unspecified atom stereocenters. The number of aryl methyl sites for hydroxylation is 1. The Morgan fingerprint density at radius 1 is 1.31 bits per heavy atom. The van der Waals surface area contributed by atoms with Gasteiger partial charge in [-0.3, -0.25) is 4.98 Å². The summed E-state index contributed by atoms with van der Waals surface area (Å²) in [6.07, 6.45) is 3.19. The minimum Gasteiger partial charge on any atom is -0.437 e. The fraction of sp³-hybridized carbons (Fsp3) is 0.0833. The molecule has 0 saturated heterocycles. The van der Waals surface area contributed by atoms with Crippen molar-refractivity contribution < 1.29 is 4.74 Å². The average Bonchev–Trinajstić information content (AvgIpc) is 2.29. The summed E-state index contributed by atoms with van der Waals surface area (Å²) in [5.74, 6) is 1.01. The van der Waals surface area contributed by atoms with Crippen LogP contribution in [0.3, 0.4) is 0 Å². The van der Waals surface area contributed by atoms with E-state index in [1.807, 2.05) is 13.0 Å². The van der Waals surface area contributed by atoms with Crippen molar-refractivity contribution >= 4 is 0 Å². The van der Waals surface area contributed by atoms with E-state index < -0.39 is 0 Å². The van der Waals surface area contributed by atoms with E-state index in [2.05, 4.69) is 9.97 Å². The number of hydrogen-bond acceptors (Lipinski definition) is 4. The van der Waals surface area contributed by atoms with Gasteiger partial charge in [-0.1, -0.05) is 6.07 Å². The summed E-state index contributed by atoms with van der Waals surface area (Å²) in [4.78, 5) is 8.13. The van der Waals surface area contributed by atoms with Crippen LogP contribution in [0.1, 0.15) is 11.3 Å². The van der Waals surface area contributed by atoms with Crippen LogP contribution in [0.5, 0.6) is 11.6 Å². The van der Waals surface area contributed by atoms with E-state index in [0.717, 1.165) is 5.69 Å². The van der Waals surface area contributed by atoms with Gasteiger partial charge in [-0.2, -0.15) is 5.26 Å². The molecule has 0 N–H and O–H groups in total. The molecule has 0 saturated carbocycles. The number of nitrogens with zero attached hydrogens (tertiary/aromatic N) is 3. The number of rotatable bonds is 2. The Bertz CT molecular complexity index is 546. The number of aromatic nitrogens is 2. The average molecular weight is 211 g/mol. The summed E-state index contributed by atoms with van der Waals surface area (Å²) in [5.41, 5.74) is 1.34. The van der Waals surface area contributed by atoms with Gasteiger partial charge in [0, 0.05) is 6.20 Å². The van der Waals surface area contributed by atoms with Gasteiger partial charge in [0.25, 0.3) is 0 Å². The van der Waals surface area contributed by atoms with E-state index in [9.17, 15) is 0 Å². The fourth-order valence-corrected chi connectivity index (χ4v) is 1.24. The Morgan fingerprint density at radius 2 is 2.19 bits per heavy atom. The van der Waals surface area contributed by atoms with Crippen molar-refractivity contribution in [1.82, 2.24) is 9.97 Å². The second-order valence-electron chi connectivity index (χ2n) is 3.24. The highest BCUT2D eigenvalue weighted by Crippen LogP contribution is 2.19. The Hall–Kier alpha value is -2.41. The van der Waals surface area contributed by atoms with E-state index in [1.165, 1.54) is 6.20 Å². The summed E-state index contributed by atoms with van der Waals surface area (Å²) < 4.78 is 5.48. The van der Waals surface area contributed by atoms with Gasteiger partial charge < -0.3 is 4.74 Å². The van der Waals surface area contributed by atoms with Crippen LogP contribution in [0.15, 0.2) is 36.7 Å². The number of nitriles is 1. The summed E-state index contributed by atoms with van der Waals surface area (Å²) in [7, 11) is 0. The first kappa shape index (κ1) is 10.1. The SMILES string of the molecule is Cc1cncc(Oc2cccc(C#N)c2)n1. The molecule has 1 aromatic carbocycles. The first-order chi connectivity index (χ1) is 7.78. The predicted octanol–water partition coefficient (Wildman–Crippen LogP) is 2.45. The lowest BCUT2D eigenvalue weighted by atomic mass is 10.2. The smallest absolute Gasteiger partial charge is 0.238 e. The molecule has 2 rings (SSSR count). The maximum absolute atomic E-state index is 8.74. The molecular formula is C12H9N3O. The Morgan fingerprint density at radius 3 is 2.94 bits per heavy atom. The third-order valence-corrected chi connectivity index (χ3v) is 1.92. The highest BCUT2D eigenvalue weighted by molar-refractivity contribution is 5.37. The van der Waals surface area contributed by atoms with Crippen LogP contribution >= 0.6 is 0 Å². The molecular weight excluding hydrogens is 202 g/mol. The first-order valence-corrected chi connectivity index (χ1v) is 4.74. The van der Waals surface area contributed by atoms with E-state index in [1.54, 1.807) is 30.5 Å². The minimum absolute atomic E-state index is 0.426. The van der Waals surface area contributed by atoms with Crippen LogP contribution in [0.2, 0.25) is 0 Å². The molecule has 2 aromatic rings. The molecule has 0 aliphatic heterocycles. The molecule has 0 spiro atoms. The highest BCUT2D eigenvalue weighted by atomic mass is 16.5. The van der Waals surface area contributed by atoms with E-state index in [-0.39, 0.29) is 0 Å². The molecule has 0 atom stereocenters. The van der Waals surface area contributed by atoms with Crippen LogP contribution in [0, 0.1) is 18.3 Å². The quantitative estimate of drug-likeness (QED) is 0.765. The second kappa shape index (κ2) is 4.41. The summed E-state index contributed by atoms with van der Waals surface area (Å²) in [6, 6.07) is 8.95. The number of benzene rings is 1. The Labute approximate surface area is 93.2 Å². The zero-order chi connectivity index (χ0) is 11.4. The minimum atomic E-state index is 0.426. The van der Waals surface area contributed by atoms with E-state index in [4.69, 9.17) is 10.00 Å². The Balaban J connectivity index is 2.24. The number of hydrogen-bond donors (Lipinski definition) is 0. The standard InChI is InChI=1S/C12H9N3O/c1-9-7-14-8-12(15-9)16-11-4-2-3-10(5-11)6-13/h2-5,7-8H,1H3. The van der Waals surface area contributed by atoms with Crippen molar-refractivity contribution in [3.05, 3.63) is 47.9 Å². The molecule has 4 nitrogen and oxygen atoms in total. The van der Waals surface area contributed by atoms with Gasteiger partial charge in [0.1, 0.15) is 5.75 Å². The largest absolute Gasteiger partial charge is 0.437 e. The molecule has 4 heteroatoms. The van der Waals surface area contributed by atoms with E-state index >= 15 is 0 Å². The van der Waals surface area contributed by atoms with Gasteiger partial charge >= 0.3 is 0 Å². The van der Waals surface area contributed by atoms with Crippen LogP contribution in [-0.4, -0.2) is 9.97 Å². The topological polar surface area (TPSA) is 58.8 Å². The molecule has 0 radical (unpaired) electrons. The number of ether oxygens (including phenoxy) is 1. The van der Waals surface area contributed by atoms with Crippen LogP contribution in [-0.2, 0) is 0 Å². The Kier molecular flexibility index (Phi) is 2.79. The van der Waals surface area contributed by atoms with Gasteiger partial charge in [0.2, 0.25) is 5.88 Å². The molecule has 0 aliphatic carbocycles. The lowest BCUT2D eigenvalue weighted by molar-refractivity contribution is 0.458. The van der Waals surface area contributed by atoms with Crippen molar-refractivity contribution in [1.29, 1.82) is 5.26 Å². The normalized spacial score (nSPS) is 9.50. The molecule has 1 heterocycles. The first-order valence-electron chi connectivity index (χ1n) is 4.74. The molecule has 1 aromatic heterocycles. The van der Waals surface area contributed by atoms with Crippen molar-refractivity contribution in [2.45, 2.75) is 6.92 Å². The fourth-order valence-electron chi connectivity index (χ4n) is 1.24. The monoisotopic (exact) mass is 211 g/mol. The lowest BCUT2D eigenvalue weighted by Gasteiger charge is -2.04. The zero-order valence-corrected chi connectivity index (χ0v) is 8.71. The maximum atomic E-state index is 8.74. The summed E-state index contributed by atoms with van der Waals surface area (Å²) in [6.45, 7) is 1.84. The van der Waals surface area contributed by atoms with Crippen molar-refractivity contribution in [3.8, 4) is 17.7 Å². The molecule has 0 bridgehead atoms. The maximum Gasteiger partial charge on any atom is 0.238 e. The molecule has 0 fully saturated rings. The lowest BCUT2D eigenvalue weighted by Crippen LogP contribution is -1.91. The summed E-state index contributed by atoms with van der Waals surface area (Å²) in [5, 5.41) is 8.74. The molecule has 16 heavy (non-hydrogen) atoms. The highest BCUT2D eigenvalue weighted by Gasteiger charge is 2.00. The molecule has 78 valence electrons. The van der Waals surface area contributed by atoms with Crippen molar-refractivity contribution in [3.63, 3.8) is 0 Å². The second-order valence-corrected chi connectivity index (χ2v) is 3.24. The third-order valence-electron chi connectivity index (χ3n) is 1.92. The van der Waals surface area contributed by atoms with Gasteiger partial charge in [-0.25, -0.2) is 4.98 Å². The summed E-state index contributed by atoms with van der Waals surface area (Å²) >= 11 is 0. The van der Waals surface area contributed by atoms with Crippen LogP contribution in [0.4, 0.5) is 0 Å². The van der Waals surface area contributed by atoms with Crippen LogP contribution < -0.4 is 4.74 Å². The van der Waals surface area contributed by atoms with Crippen molar-refractivity contribution in [2.75, 3.05) is 0 Å². The zero-order valence-electron chi connectivity index (χ0n) is 8.71.